The molecule has 0 bridgehead atoms. The number of nitrogens with one attached hydrogen (secondary N) is 3. The molecule has 0 atom stereocenters. The van der Waals surface area contributed by atoms with Gasteiger partial charge in [0.15, 0.2) is 0 Å². The second-order valence-corrected chi connectivity index (χ2v) is 8.32. The third kappa shape index (κ3) is 4.19. The lowest BCUT2D eigenvalue weighted by Gasteiger charge is -2.08. The van der Waals surface area contributed by atoms with Gasteiger partial charge in [0.2, 0.25) is 0 Å². The Balaban J connectivity index is 2.11. The molecule has 6 nitrogen and oxygen atoms in total. The van der Waals surface area contributed by atoms with Gasteiger partial charge in [-0.25, -0.2) is 13.2 Å². The molecule has 0 radical (unpaired) electrons. The molecule has 2 aromatic rings. The van der Waals surface area contributed by atoms with E-state index >= 15 is 0 Å². The van der Waals surface area contributed by atoms with Gasteiger partial charge in [0.25, 0.3) is 10.0 Å². The highest BCUT2D eigenvalue weighted by atomic mass is 79.9. The van der Waals surface area contributed by atoms with Crippen LogP contribution in [0.5, 0.6) is 0 Å². The average molecular weight is 390 g/mol. The highest BCUT2D eigenvalue weighted by Crippen LogP contribution is 2.27. The Kier molecular flexibility index (Phi) is 4.86. The lowest BCUT2D eigenvalue weighted by atomic mass is 10.3. The van der Waals surface area contributed by atoms with Crippen molar-refractivity contribution in [2.24, 2.45) is 0 Å². The molecule has 0 aliphatic carbocycles. The van der Waals surface area contributed by atoms with E-state index in [9.17, 15) is 13.2 Å². The maximum absolute atomic E-state index is 12.1. The van der Waals surface area contributed by atoms with E-state index in [1.54, 1.807) is 30.3 Å². The molecule has 21 heavy (non-hydrogen) atoms. The SMILES string of the molecule is CNC(=O)Nc1ccc(NS(=O)(=O)c2ccc(Br)s2)cc1. The van der Waals surface area contributed by atoms with Crippen LogP contribution in [0.3, 0.4) is 0 Å². The Bertz CT molecular complexity index is 741. The van der Waals surface area contributed by atoms with Gasteiger partial charge in [0.05, 0.1) is 3.79 Å². The van der Waals surface area contributed by atoms with Crippen molar-refractivity contribution in [2.75, 3.05) is 17.1 Å². The van der Waals surface area contributed by atoms with Crippen LogP contribution in [0, 0.1) is 0 Å². The van der Waals surface area contributed by atoms with Gasteiger partial charge in [-0.2, -0.15) is 0 Å². The smallest absolute Gasteiger partial charge is 0.318 e. The summed E-state index contributed by atoms with van der Waals surface area (Å²) in [5, 5.41) is 5.01. The number of amides is 2. The fourth-order valence-electron chi connectivity index (χ4n) is 1.46. The standard InChI is InChI=1S/C12H12BrN3O3S2/c1-14-12(17)15-8-2-4-9(5-3-8)16-21(18,19)11-7-6-10(13)20-11/h2-7,16H,1H3,(H2,14,15,17). The quantitative estimate of drug-likeness (QED) is 0.750. The first-order chi connectivity index (χ1) is 9.90. The summed E-state index contributed by atoms with van der Waals surface area (Å²) in [5.74, 6) is 0. The molecule has 2 amide bonds. The van der Waals surface area contributed by atoms with Crippen molar-refractivity contribution < 1.29 is 13.2 Å². The molecular weight excluding hydrogens is 378 g/mol. The van der Waals surface area contributed by atoms with Crippen LogP contribution in [0.1, 0.15) is 0 Å². The molecule has 0 aliphatic heterocycles. The van der Waals surface area contributed by atoms with E-state index < -0.39 is 10.0 Å². The van der Waals surface area contributed by atoms with Gasteiger partial charge >= 0.3 is 6.03 Å². The number of rotatable bonds is 4. The van der Waals surface area contributed by atoms with E-state index in [1.165, 1.54) is 13.1 Å². The second-order valence-electron chi connectivity index (χ2n) is 3.95. The molecule has 0 aliphatic rings. The molecule has 112 valence electrons. The summed E-state index contributed by atoms with van der Waals surface area (Å²) in [5.41, 5.74) is 0.984. The number of carbonyl (C=O) groups is 1. The van der Waals surface area contributed by atoms with Crippen LogP contribution >= 0.6 is 27.3 Å². The van der Waals surface area contributed by atoms with Crippen molar-refractivity contribution in [2.45, 2.75) is 4.21 Å². The summed E-state index contributed by atoms with van der Waals surface area (Å²) in [6.45, 7) is 0. The van der Waals surface area contributed by atoms with Gasteiger partial charge < -0.3 is 10.6 Å². The first-order valence-electron chi connectivity index (χ1n) is 5.77. The van der Waals surface area contributed by atoms with E-state index in [2.05, 4.69) is 31.3 Å². The monoisotopic (exact) mass is 389 g/mol. The number of urea groups is 1. The number of benzene rings is 1. The summed E-state index contributed by atoms with van der Waals surface area (Å²) in [6.07, 6.45) is 0. The van der Waals surface area contributed by atoms with E-state index in [0.29, 0.717) is 11.4 Å². The van der Waals surface area contributed by atoms with Gasteiger partial charge in [-0.1, -0.05) is 0 Å². The van der Waals surface area contributed by atoms with Gasteiger partial charge in [0.1, 0.15) is 4.21 Å². The molecule has 0 fully saturated rings. The van der Waals surface area contributed by atoms with Crippen molar-refractivity contribution in [3.8, 4) is 0 Å². The first-order valence-corrected chi connectivity index (χ1v) is 8.87. The highest BCUT2D eigenvalue weighted by molar-refractivity contribution is 9.11. The average Bonchev–Trinajstić information content (AvgIpc) is 2.88. The predicted molar refractivity (Wildman–Crippen MR) is 87.3 cm³/mol. The predicted octanol–water partition coefficient (Wildman–Crippen LogP) is 3.06. The first kappa shape index (κ1) is 15.8. The second kappa shape index (κ2) is 6.46. The topological polar surface area (TPSA) is 87.3 Å². The number of sulfonamides is 1. The zero-order valence-corrected chi connectivity index (χ0v) is 14.1. The normalized spacial score (nSPS) is 11.0. The van der Waals surface area contributed by atoms with E-state index in [1.807, 2.05) is 0 Å². The number of halogens is 1. The van der Waals surface area contributed by atoms with Crippen LogP contribution in [0.25, 0.3) is 0 Å². The van der Waals surface area contributed by atoms with Crippen LogP contribution < -0.4 is 15.4 Å². The molecule has 2 rings (SSSR count). The van der Waals surface area contributed by atoms with Crippen LogP contribution in [0.2, 0.25) is 0 Å². The van der Waals surface area contributed by atoms with Crippen LogP contribution in [0.4, 0.5) is 16.2 Å². The molecule has 0 spiro atoms. The Morgan fingerprint density at radius 1 is 1.10 bits per heavy atom. The van der Waals surface area contributed by atoms with Gasteiger partial charge in [-0.3, -0.25) is 4.72 Å². The number of hydrogen-bond donors (Lipinski definition) is 3. The molecule has 9 heteroatoms. The molecular formula is C12H12BrN3O3S2. The third-order valence-corrected chi connectivity index (χ3v) is 5.93. The fourth-order valence-corrected chi connectivity index (χ4v) is 4.53. The number of hydrogen-bond acceptors (Lipinski definition) is 4. The largest absolute Gasteiger partial charge is 0.341 e. The number of carbonyl (C=O) groups excluding carboxylic acids is 1. The van der Waals surface area contributed by atoms with Crippen molar-refractivity contribution in [1.29, 1.82) is 0 Å². The van der Waals surface area contributed by atoms with Gasteiger partial charge in [-0.05, 0) is 52.3 Å². The van der Waals surface area contributed by atoms with Gasteiger partial charge in [-0.15, -0.1) is 11.3 Å². The maximum Gasteiger partial charge on any atom is 0.318 e. The Morgan fingerprint density at radius 2 is 1.71 bits per heavy atom. The third-order valence-electron chi connectivity index (χ3n) is 2.44. The van der Waals surface area contributed by atoms with Crippen LogP contribution in [-0.2, 0) is 10.0 Å². The number of anilines is 2. The minimum Gasteiger partial charge on any atom is -0.341 e. The summed E-state index contributed by atoms with van der Waals surface area (Å²) in [6, 6.07) is 9.23. The van der Waals surface area contributed by atoms with Gasteiger partial charge in [0, 0.05) is 18.4 Å². The maximum atomic E-state index is 12.1. The molecule has 0 unspecified atom stereocenters. The summed E-state index contributed by atoms with van der Waals surface area (Å²) in [7, 11) is -2.08. The van der Waals surface area contributed by atoms with Crippen molar-refractivity contribution in [1.82, 2.24) is 5.32 Å². The summed E-state index contributed by atoms with van der Waals surface area (Å²) < 4.78 is 27.7. The summed E-state index contributed by atoms with van der Waals surface area (Å²) >= 11 is 4.36. The molecule has 3 N–H and O–H groups in total. The molecule has 0 saturated carbocycles. The molecule has 0 saturated heterocycles. The molecule has 1 aromatic carbocycles. The summed E-state index contributed by atoms with van der Waals surface area (Å²) in [4.78, 5) is 11.1. The fraction of sp³-hybridized carbons (Fsp3) is 0.0833. The zero-order valence-electron chi connectivity index (χ0n) is 10.9. The van der Waals surface area contributed by atoms with E-state index in [4.69, 9.17) is 0 Å². The Labute approximate surface area is 134 Å². The highest BCUT2D eigenvalue weighted by Gasteiger charge is 2.16. The lowest BCUT2D eigenvalue weighted by Crippen LogP contribution is -2.24. The van der Waals surface area contributed by atoms with Crippen molar-refractivity contribution >= 4 is 54.7 Å². The number of thiophene rings is 1. The molecule has 1 aromatic heterocycles. The minimum absolute atomic E-state index is 0.224. The Hall–Kier alpha value is -1.58. The molecule has 1 heterocycles. The minimum atomic E-state index is -3.59. The van der Waals surface area contributed by atoms with Crippen LogP contribution in [-0.4, -0.2) is 21.5 Å². The van der Waals surface area contributed by atoms with E-state index in [-0.39, 0.29) is 10.2 Å². The van der Waals surface area contributed by atoms with Crippen molar-refractivity contribution in [3.63, 3.8) is 0 Å². The zero-order chi connectivity index (χ0) is 15.5. The van der Waals surface area contributed by atoms with Crippen molar-refractivity contribution in [3.05, 3.63) is 40.2 Å². The van der Waals surface area contributed by atoms with E-state index in [0.717, 1.165) is 15.1 Å². The van der Waals surface area contributed by atoms with Crippen LogP contribution in [0.15, 0.2) is 44.4 Å². The Morgan fingerprint density at radius 3 is 2.24 bits per heavy atom. The lowest BCUT2D eigenvalue weighted by molar-refractivity contribution is 0.254.